The third-order valence-corrected chi connectivity index (χ3v) is 23.5. The summed E-state index contributed by atoms with van der Waals surface area (Å²) in [6.45, 7) is 1.63. The summed E-state index contributed by atoms with van der Waals surface area (Å²) in [5, 5.41) is 34.3. The average molecular weight is 1880 g/mol. The Morgan fingerprint density at radius 2 is 0.883 bits per heavy atom. The molecule has 0 radical (unpaired) electrons. The van der Waals surface area contributed by atoms with Gasteiger partial charge in [0, 0.05) is 238 Å². The zero-order valence-corrected chi connectivity index (χ0v) is 77.3. The minimum Gasteiger partial charge on any atom is -0.507 e. The van der Waals surface area contributed by atoms with Crippen LogP contribution in [-0.2, 0) is 122 Å². The highest BCUT2D eigenvalue weighted by Crippen LogP contribution is 2.46. The fourth-order valence-corrected chi connectivity index (χ4v) is 17.0. The summed E-state index contributed by atoms with van der Waals surface area (Å²) >= 11 is 6.44. The molecule has 43 heteroatoms. The van der Waals surface area contributed by atoms with E-state index in [1.54, 1.807) is 112 Å². The number of hydrogen-bond donors (Lipinski definition) is 10. The number of carbonyl (C=O) groups is 15. The van der Waals surface area contributed by atoms with E-state index in [0.29, 0.717) is 68.6 Å². The number of nitrogens with zero attached hydrogens (tertiary/aromatic N) is 17. The summed E-state index contributed by atoms with van der Waals surface area (Å²) < 4.78 is 14.9. The zero-order chi connectivity index (χ0) is 97.8. The molecular weight excluding hydrogens is 1780 g/mol. The first-order valence-corrected chi connectivity index (χ1v) is 44.0. The number of H-pyrrole nitrogens is 1. The number of carbonyl (C=O) groups excluding carboxylic acids is 15. The van der Waals surface area contributed by atoms with Crippen LogP contribution in [0.4, 0.5) is 40.3 Å². The summed E-state index contributed by atoms with van der Waals surface area (Å²) in [5.74, 6) is -6.17. The first-order valence-electron chi connectivity index (χ1n) is 43.5. The summed E-state index contributed by atoms with van der Waals surface area (Å²) in [6, 6.07) is 22.7. The molecule has 9 amide bonds. The van der Waals surface area contributed by atoms with Gasteiger partial charge >= 0.3 is 0 Å². The van der Waals surface area contributed by atoms with Crippen molar-refractivity contribution >= 4 is 161 Å². The Kier molecular flexibility index (Phi) is 27.6. The van der Waals surface area contributed by atoms with Crippen molar-refractivity contribution in [3.05, 3.63) is 238 Å². The maximum absolute atomic E-state index is 14.1. The number of nitrogens with one attached hydrogen (secondary N) is 9. The molecule has 0 aliphatic carbocycles. The van der Waals surface area contributed by atoms with Crippen LogP contribution < -0.4 is 47.4 Å². The van der Waals surface area contributed by atoms with Crippen LogP contribution in [0.2, 0.25) is 0 Å². The van der Waals surface area contributed by atoms with Crippen LogP contribution >= 0.6 is 11.6 Å². The van der Waals surface area contributed by atoms with E-state index >= 15 is 0 Å². The topological polar surface area (TPSA) is 518 Å². The summed E-state index contributed by atoms with van der Waals surface area (Å²) in [6.07, 6.45) is 15.6. The molecule has 0 saturated carbocycles. The highest BCUT2D eigenvalue weighted by molar-refractivity contribution is 6.20. The number of benzene rings is 3. The van der Waals surface area contributed by atoms with Crippen LogP contribution in [0.3, 0.4) is 0 Å². The van der Waals surface area contributed by atoms with Crippen LogP contribution in [0.25, 0.3) is 21.7 Å². The van der Waals surface area contributed by atoms with Crippen molar-refractivity contribution in [3.8, 4) is 5.75 Å². The van der Waals surface area contributed by atoms with Crippen LogP contribution in [0.1, 0.15) is 201 Å². The lowest BCUT2D eigenvalue weighted by molar-refractivity contribution is -0.119. The van der Waals surface area contributed by atoms with E-state index in [9.17, 15) is 77.0 Å². The predicted octanol–water partition coefficient (Wildman–Crippen LogP) is 8.25. The smallest absolute Gasteiger partial charge is 0.292 e. The number of rotatable bonds is 39. The van der Waals surface area contributed by atoms with Gasteiger partial charge < -0.3 is 103 Å². The van der Waals surface area contributed by atoms with E-state index in [0.717, 1.165) is 21.9 Å². The van der Waals surface area contributed by atoms with Gasteiger partial charge in [-0.25, -0.2) is 29.9 Å². The Bertz CT molecular complexity index is 7280. The zero-order valence-electron chi connectivity index (χ0n) is 76.5. The number of alkyl halides is 1. The number of amides is 9. The molecule has 11 aromatic heterocycles. The van der Waals surface area contributed by atoms with E-state index in [2.05, 4.69) is 77.4 Å². The number of aromatic hydroxyl groups is 1. The van der Waals surface area contributed by atoms with E-state index < -0.39 is 47.1 Å². The van der Waals surface area contributed by atoms with Crippen molar-refractivity contribution < 1.29 is 77.0 Å². The SMILES string of the molecule is CC(=O)Nc1cn(C)c(C(=O)Nc2cn(C)c(C(=O)Nc3cn(C)c(C(=O)NCCC(=O)Nc4cn(C)c(C(=O)Nc5cc(C(=O)Nc6cc(C(=O)NCCCC(=O)Cc7cn(C)c(C(=O)Cc8cn(C)c(C(=O)Cc9cc(C(=O)CCCC(=O)Cc%10cc(C(=O)Cc%11ccc%12cc(C(=O)N%13CC(CCl)c%14c%13cc(O)c%13ccccc%14%13)[nH]c%12c%11)n(C)c%10)n(C)c9)n8)n7)n(C)c6)n(C)c5)n4)n3)n2)n1. The van der Waals surface area contributed by atoms with Crippen LogP contribution in [0, 0.1) is 0 Å². The number of imidazole rings is 6. The van der Waals surface area contributed by atoms with E-state index in [1.165, 1.54) is 114 Å². The standard InChI is InChI=1S/C94H97ClN26O16/c1-50(122)98-76-46-118(9)86(105-76)92(135)110-79-49-120(11)87(108-79)93(136)109-78-48-117(8)84(107-78)90(133)97-25-23-80(130)104-77-47-119(10)85(106-77)91(134)102-58-35-70(114(5)43-58)89(132)101-57-34-69(113(4)42-57)88(131)96-24-15-17-61(124)33-56-44-115(6)83(99-56)75(129)36-59-45-116(7)82(100-59)74(128)31-53-29-66(111(2)40-53)71(125)20-14-16-60(123)26-52-28-67(112(3)39-52)73(127)30-51-21-22-54-32-65(103-64(54)27-51)94(137)121-41-55(38-95)81-63-19-13-12-18-62(63)72(126)37-68(81)121/h12-13,18-19,21-22,27-29,32,34-35,37,39-40,42-49,55,103,126H,14-17,20,23-26,30-31,33,36,38,41H2,1-11H3,(H,96,131)(H,97,133)(H,98,122)(H,101,132)(H,102,134)(H,104,130)(H,109,136)(H,110,135). The molecule has 42 nitrogen and oxygen atoms in total. The van der Waals surface area contributed by atoms with Crippen molar-refractivity contribution in [1.82, 2.24) is 91.2 Å². The van der Waals surface area contributed by atoms with E-state index in [-0.39, 0.29) is 217 Å². The number of phenolic OH excluding ortho intramolecular Hbond substituents is 1. The van der Waals surface area contributed by atoms with Gasteiger partial charge in [0.1, 0.15) is 34.4 Å². The lowest BCUT2D eigenvalue weighted by Crippen LogP contribution is -2.30. The molecule has 0 bridgehead atoms. The van der Waals surface area contributed by atoms with Crippen molar-refractivity contribution in [2.75, 3.05) is 62.3 Å². The Morgan fingerprint density at radius 1 is 0.401 bits per heavy atom. The number of phenols is 1. The first kappa shape index (κ1) is 94.8. The summed E-state index contributed by atoms with van der Waals surface area (Å²) in [7, 11) is 16.0. The maximum Gasteiger partial charge on any atom is 0.292 e. The molecule has 3 aromatic carbocycles. The predicted molar refractivity (Wildman–Crippen MR) is 503 cm³/mol. The molecule has 706 valence electrons. The van der Waals surface area contributed by atoms with Gasteiger partial charge in [0.2, 0.25) is 46.7 Å². The largest absolute Gasteiger partial charge is 0.507 e. The van der Waals surface area contributed by atoms with Gasteiger partial charge in [0.05, 0.1) is 52.7 Å². The number of ketones is 6. The van der Waals surface area contributed by atoms with Gasteiger partial charge in [0.25, 0.3) is 41.4 Å². The second-order valence-corrected chi connectivity index (χ2v) is 34.2. The number of aryl methyl sites for hydroxylation is 10. The molecular formula is C94H97ClN26O16. The van der Waals surface area contributed by atoms with Crippen LogP contribution in [0.5, 0.6) is 5.75 Å². The van der Waals surface area contributed by atoms with Gasteiger partial charge in [-0.05, 0) is 76.9 Å². The molecule has 14 aromatic rings. The number of fused-ring (bicyclic) bond motifs is 4. The van der Waals surface area contributed by atoms with Gasteiger partial charge in [-0.3, -0.25) is 71.9 Å². The third-order valence-electron chi connectivity index (χ3n) is 23.2. The van der Waals surface area contributed by atoms with Crippen molar-refractivity contribution in [3.63, 3.8) is 0 Å². The quantitative estimate of drug-likeness (QED) is 0.00984. The molecule has 0 spiro atoms. The molecule has 1 atom stereocenters. The minimum atomic E-state index is -0.718. The average Bonchev–Trinajstić information content (AvgIpc) is 1.59. The van der Waals surface area contributed by atoms with Gasteiger partial charge in [-0.1, -0.05) is 36.4 Å². The highest BCUT2D eigenvalue weighted by atomic mass is 35.5. The van der Waals surface area contributed by atoms with Gasteiger partial charge in [-0.2, -0.15) is 0 Å². The minimum absolute atomic E-state index is 0.00355. The first-order chi connectivity index (χ1) is 65.3. The third kappa shape index (κ3) is 21.5. The fraction of sp³-hybridized carbons (Fsp3) is 0.287. The molecule has 10 N–H and O–H groups in total. The molecule has 137 heavy (non-hydrogen) atoms. The second-order valence-electron chi connectivity index (χ2n) is 33.9. The number of halogens is 1. The van der Waals surface area contributed by atoms with E-state index in [1.807, 2.05) is 42.5 Å². The molecule has 1 unspecified atom stereocenters. The van der Waals surface area contributed by atoms with Gasteiger partial charge in [-0.15, -0.1) is 11.6 Å². The Morgan fingerprint density at radius 3 is 1.47 bits per heavy atom. The number of aromatic nitrogens is 17. The normalized spacial score (nSPS) is 12.3. The van der Waals surface area contributed by atoms with Crippen LogP contribution in [0.15, 0.2) is 141 Å². The molecule has 1 aliphatic heterocycles. The van der Waals surface area contributed by atoms with Crippen molar-refractivity contribution in [2.45, 2.75) is 83.5 Å². The Hall–Kier alpha value is -16.8. The Balaban J connectivity index is 0.445. The lowest BCUT2D eigenvalue weighted by Gasteiger charge is -2.17. The van der Waals surface area contributed by atoms with Gasteiger partial charge in [0.15, 0.2) is 46.5 Å². The Labute approximate surface area is 785 Å². The van der Waals surface area contributed by atoms with Crippen LogP contribution in [-0.4, -0.2) is 199 Å². The number of hydrogen-bond acceptors (Lipinski definition) is 22. The monoisotopic (exact) mass is 1880 g/mol. The maximum atomic E-state index is 14.1. The number of aromatic amines is 1. The van der Waals surface area contributed by atoms with Crippen molar-refractivity contribution in [2.24, 2.45) is 70.5 Å². The summed E-state index contributed by atoms with van der Waals surface area (Å²) in [5.41, 5.74) is 6.78. The van der Waals surface area contributed by atoms with Crippen molar-refractivity contribution in [1.29, 1.82) is 0 Å². The van der Waals surface area contributed by atoms with E-state index in [4.69, 9.17) is 11.6 Å². The molecule has 0 saturated heterocycles. The molecule has 15 rings (SSSR count). The molecule has 12 heterocycles. The highest BCUT2D eigenvalue weighted by Gasteiger charge is 2.37. The fourth-order valence-electron chi connectivity index (χ4n) is 16.7. The number of anilines is 7. The number of Topliss-reactive ketones (excluding diaryl/α,β-unsaturated/α-hetero) is 6. The lowest BCUT2D eigenvalue weighted by atomic mass is 9.95. The molecule has 0 fully saturated rings. The second kappa shape index (κ2) is 39.9. The molecule has 1 aliphatic rings. The summed E-state index contributed by atoms with van der Waals surface area (Å²) in [4.78, 5) is 231.